The number of nitrogens with zero attached hydrogens (tertiary/aromatic N) is 1. The highest BCUT2D eigenvalue weighted by atomic mass is 16.2. The smallest absolute Gasteiger partial charge is 0.226 e. The molecule has 0 aliphatic heterocycles. The molecule has 3 atom stereocenters. The summed E-state index contributed by atoms with van der Waals surface area (Å²) < 4.78 is 0. The molecule has 3 heteroatoms. The molecule has 2 aliphatic rings. The quantitative estimate of drug-likeness (QED) is 0.548. The molecule has 13 heavy (non-hydrogen) atoms. The van der Waals surface area contributed by atoms with Crippen molar-refractivity contribution in [2.75, 3.05) is 14.1 Å². The molecular formula is C10H13NO2. The van der Waals surface area contributed by atoms with E-state index in [2.05, 4.69) is 0 Å². The van der Waals surface area contributed by atoms with Crippen LogP contribution in [0.4, 0.5) is 0 Å². The Kier molecular flexibility index (Phi) is 1.75. The van der Waals surface area contributed by atoms with Gasteiger partial charge in [-0.25, -0.2) is 0 Å². The summed E-state index contributed by atoms with van der Waals surface area (Å²) in [4.78, 5) is 24.7. The summed E-state index contributed by atoms with van der Waals surface area (Å²) in [5.74, 6) is 0.140. The second kappa shape index (κ2) is 2.69. The molecule has 0 N–H and O–H groups in total. The number of rotatable bonds is 1. The van der Waals surface area contributed by atoms with Gasteiger partial charge in [0.1, 0.15) is 5.78 Å². The van der Waals surface area contributed by atoms with Crippen LogP contribution in [0.25, 0.3) is 0 Å². The number of hydrogen-bond donors (Lipinski definition) is 0. The van der Waals surface area contributed by atoms with Crippen LogP contribution in [-0.2, 0) is 9.59 Å². The fourth-order valence-corrected chi connectivity index (χ4v) is 2.22. The standard InChI is InChI=1S/C10H13NO2/c1-11(2)10(13)8-5-6-3-4-7(8)9(6)12/h3-4,6-8H,5H2,1-2H3. The van der Waals surface area contributed by atoms with E-state index >= 15 is 0 Å². The second-order valence-corrected chi connectivity index (χ2v) is 3.99. The number of fused-ring (bicyclic) bond motifs is 2. The van der Waals surface area contributed by atoms with Gasteiger partial charge in [0.2, 0.25) is 5.91 Å². The molecule has 0 aromatic heterocycles. The van der Waals surface area contributed by atoms with Crippen molar-refractivity contribution >= 4 is 11.7 Å². The highest BCUT2D eigenvalue weighted by molar-refractivity contribution is 5.97. The van der Waals surface area contributed by atoms with Gasteiger partial charge < -0.3 is 4.90 Å². The second-order valence-electron chi connectivity index (χ2n) is 3.99. The lowest BCUT2D eigenvalue weighted by Gasteiger charge is -2.20. The zero-order chi connectivity index (χ0) is 9.59. The van der Waals surface area contributed by atoms with Crippen LogP contribution in [-0.4, -0.2) is 30.7 Å². The molecule has 1 fully saturated rings. The first-order valence-electron chi connectivity index (χ1n) is 4.54. The van der Waals surface area contributed by atoms with Crippen molar-refractivity contribution in [2.24, 2.45) is 17.8 Å². The van der Waals surface area contributed by atoms with Gasteiger partial charge in [0, 0.05) is 25.9 Å². The van der Waals surface area contributed by atoms with Gasteiger partial charge >= 0.3 is 0 Å². The summed E-state index contributed by atoms with van der Waals surface area (Å²) in [6.07, 6.45) is 4.55. The SMILES string of the molecule is CN(C)C(=O)C1CC2C=CC1C2=O. The molecule has 0 spiro atoms. The fraction of sp³-hybridized carbons (Fsp3) is 0.600. The van der Waals surface area contributed by atoms with E-state index in [0.29, 0.717) is 0 Å². The Labute approximate surface area is 77.4 Å². The fourth-order valence-electron chi connectivity index (χ4n) is 2.22. The van der Waals surface area contributed by atoms with Crippen molar-refractivity contribution in [3.8, 4) is 0 Å². The van der Waals surface area contributed by atoms with E-state index in [1.807, 2.05) is 12.2 Å². The Bertz CT molecular complexity index is 293. The van der Waals surface area contributed by atoms with E-state index in [-0.39, 0.29) is 29.4 Å². The maximum absolute atomic E-state index is 11.6. The maximum Gasteiger partial charge on any atom is 0.226 e. The lowest BCUT2D eigenvalue weighted by molar-refractivity contribution is -0.135. The summed E-state index contributed by atoms with van der Waals surface area (Å²) in [5, 5.41) is 0. The third-order valence-electron chi connectivity index (χ3n) is 2.94. The van der Waals surface area contributed by atoms with Gasteiger partial charge in [-0.05, 0) is 6.42 Å². The molecule has 1 saturated carbocycles. The molecule has 0 aromatic rings. The molecule has 1 amide bonds. The Morgan fingerprint density at radius 2 is 2.15 bits per heavy atom. The predicted octanol–water partition coefficient (Wildman–Crippen LogP) is 0.466. The minimum atomic E-state index is -0.125. The lowest BCUT2D eigenvalue weighted by Crippen LogP contribution is -2.32. The number of carbonyl (C=O) groups is 2. The normalized spacial score (nSPS) is 35.5. The molecule has 2 aliphatic carbocycles. The molecule has 2 rings (SSSR count). The predicted molar refractivity (Wildman–Crippen MR) is 47.9 cm³/mol. The van der Waals surface area contributed by atoms with Gasteiger partial charge in [0.25, 0.3) is 0 Å². The third kappa shape index (κ3) is 1.10. The van der Waals surface area contributed by atoms with Gasteiger partial charge in [-0.2, -0.15) is 0 Å². The van der Waals surface area contributed by atoms with Crippen molar-refractivity contribution in [2.45, 2.75) is 6.42 Å². The number of ketones is 1. The first-order chi connectivity index (χ1) is 6.11. The van der Waals surface area contributed by atoms with Crippen molar-refractivity contribution in [3.63, 3.8) is 0 Å². The van der Waals surface area contributed by atoms with Gasteiger partial charge in [-0.15, -0.1) is 0 Å². The summed E-state index contributed by atoms with van der Waals surface area (Å²) in [7, 11) is 3.48. The summed E-state index contributed by atoms with van der Waals surface area (Å²) in [5.41, 5.74) is 0. The van der Waals surface area contributed by atoms with Crippen LogP contribution in [0.1, 0.15) is 6.42 Å². The van der Waals surface area contributed by atoms with E-state index in [1.54, 1.807) is 19.0 Å². The maximum atomic E-state index is 11.6. The van der Waals surface area contributed by atoms with Crippen LogP contribution in [0.5, 0.6) is 0 Å². The van der Waals surface area contributed by atoms with Crippen LogP contribution < -0.4 is 0 Å². The minimum absolute atomic E-state index is 0.0268. The monoisotopic (exact) mass is 179 g/mol. The van der Waals surface area contributed by atoms with Crippen LogP contribution >= 0.6 is 0 Å². The van der Waals surface area contributed by atoms with E-state index in [1.165, 1.54) is 0 Å². The molecule has 0 aromatic carbocycles. The Balaban J connectivity index is 2.17. The molecule has 70 valence electrons. The summed E-state index contributed by atoms with van der Waals surface area (Å²) >= 11 is 0. The number of hydrogen-bond acceptors (Lipinski definition) is 2. The van der Waals surface area contributed by atoms with E-state index in [0.717, 1.165) is 6.42 Å². The number of Topliss-reactive ketones (excluding diaryl/α,β-unsaturated/α-hetero) is 1. The highest BCUT2D eigenvalue weighted by Gasteiger charge is 2.47. The van der Waals surface area contributed by atoms with Gasteiger partial charge in [0.05, 0.1) is 5.92 Å². The first-order valence-corrected chi connectivity index (χ1v) is 4.54. The Morgan fingerprint density at radius 3 is 2.54 bits per heavy atom. The lowest BCUT2D eigenvalue weighted by atomic mass is 9.92. The highest BCUT2D eigenvalue weighted by Crippen LogP contribution is 2.41. The Morgan fingerprint density at radius 1 is 1.46 bits per heavy atom. The number of allylic oxidation sites excluding steroid dienone is 2. The largest absolute Gasteiger partial charge is 0.349 e. The van der Waals surface area contributed by atoms with Gasteiger partial charge in [-0.3, -0.25) is 9.59 Å². The molecule has 0 heterocycles. The molecular weight excluding hydrogens is 166 g/mol. The summed E-state index contributed by atoms with van der Waals surface area (Å²) in [6.45, 7) is 0. The average Bonchev–Trinajstić information content (AvgIpc) is 2.60. The average molecular weight is 179 g/mol. The van der Waals surface area contributed by atoms with E-state index in [9.17, 15) is 9.59 Å². The molecule has 2 bridgehead atoms. The molecule has 0 radical (unpaired) electrons. The molecule has 3 nitrogen and oxygen atoms in total. The van der Waals surface area contributed by atoms with Crippen molar-refractivity contribution in [1.82, 2.24) is 4.90 Å². The van der Waals surface area contributed by atoms with Crippen molar-refractivity contribution < 1.29 is 9.59 Å². The van der Waals surface area contributed by atoms with E-state index in [4.69, 9.17) is 0 Å². The van der Waals surface area contributed by atoms with Crippen molar-refractivity contribution in [1.29, 1.82) is 0 Å². The van der Waals surface area contributed by atoms with Crippen molar-refractivity contribution in [3.05, 3.63) is 12.2 Å². The number of amides is 1. The van der Waals surface area contributed by atoms with Gasteiger partial charge in [0.15, 0.2) is 0 Å². The zero-order valence-electron chi connectivity index (χ0n) is 7.86. The number of carbonyl (C=O) groups excluding carboxylic acids is 2. The third-order valence-corrected chi connectivity index (χ3v) is 2.94. The zero-order valence-corrected chi connectivity index (χ0v) is 7.86. The van der Waals surface area contributed by atoms with Crippen LogP contribution in [0.3, 0.4) is 0 Å². The van der Waals surface area contributed by atoms with Crippen LogP contribution in [0.15, 0.2) is 12.2 Å². The molecule has 3 unspecified atom stereocenters. The topological polar surface area (TPSA) is 37.4 Å². The van der Waals surface area contributed by atoms with Gasteiger partial charge in [-0.1, -0.05) is 12.2 Å². The van der Waals surface area contributed by atoms with E-state index < -0.39 is 0 Å². The van der Waals surface area contributed by atoms with Crippen LogP contribution in [0.2, 0.25) is 0 Å². The molecule has 0 saturated heterocycles. The Hall–Kier alpha value is -1.12. The van der Waals surface area contributed by atoms with Crippen LogP contribution in [0, 0.1) is 17.8 Å². The first kappa shape index (κ1) is 8.48. The summed E-state index contributed by atoms with van der Waals surface area (Å²) in [6, 6.07) is 0. The minimum Gasteiger partial charge on any atom is -0.349 e.